The molecule has 0 aliphatic carbocycles. The Morgan fingerprint density at radius 1 is 0.532 bits per heavy atom. The van der Waals surface area contributed by atoms with Crippen LogP contribution in [0, 0.1) is 0 Å². The van der Waals surface area contributed by atoms with Crippen LogP contribution in [0.3, 0.4) is 0 Å². The van der Waals surface area contributed by atoms with Gasteiger partial charge in [-0.25, -0.2) is 9.59 Å². The molecule has 0 atom stereocenters. The third-order valence-corrected chi connectivity index (χ3v) is 9.98. The van der Waals surface area contributed by atoms with Crippen LogP contribution in [0.15, 0.2) is 135 Å². The average Bonchev–Trinajstić information content (AvgIpc) is 3.52. The summed E-state index contributed by atoms with van der Waals surface area (Å²) in [7, 11) is 0. The van der Waals surface area contributed by atoms with E-state index in [0.717, 1.165) is 36.8 Å². The standard InChI is InChI=1S/C42H32O4S/c1-3-37(43)45-35-19-11-7-13-27(35)21-23-31-25-29-15-5-9-17-33(29)39-40-34-18-10-6-16-30(34)26-32(42(40)47-41(31)39)24-22-28-14-8-12-20-36(28)46-38(44)4-2/h3-20,25-26H,1-2,21-24H2. The highest BCUT2D eigenvalue weighted by atomic mass is 32.1. The summed E-state index contributed by atoms with van der Waals surface area (Å²) in [6, 6.07) is 37.3. The van der Waals surface area contributed by atoms with Crippen molar-refractivity contribution in [3.63, 3.8) is 0 Å². The molecule has 6 aromatic carbocycles. The molecule has 47 heavy (non-hydrogen) atoms. The van der Waals surface area contributed by atoms with Gasteiger partial charge in [-0.3, -0.25) is 0 Å². The largest absolute Gasteiger partial charge is 0.423 e. The Bertz CT molecular complexity index is 2180. The van der Waals surface area contributed by atoms with Crippen molar-refractivity contribution in [3.8, 4) is 11.5 Å². The quantitative estimate of drug-likeness (QED) is 0.0856. The van der Waals surface area contributed by atoms with Gasteiger partial charge in [0.05, 0.1) is 0 Å². The summed E-state index contributed by atoms with van der Waals surface area (Å²) < 4.78 is 13.7. The van der Waals surface area contributed by atoms with Crippen molar-refractivity contribution in [2.75, 3.05) is 0 Å². The lowest BCUT2D eigenvalue weighted by Gasteiger charge is -2.12. The SMILES string of the molecule is C=CC(=O)Oc1ccccc1CCc1cc2ccccc2c2c1sc1c(CCc3ccccc3OC(=O)C=C)cc3ccccc3c12. The maximum Gasteiger partial charge on any atom is 0.335 e. The molecule has 7 rings (SSSR count). The van der Waals surface area contributed by atoms with Gasteiger partial charge in [-0.1, -0.05) is 98.1 Å². The van der Waals surface area contributed by atoms with Crippen molar-refractivity contribution in [2.24, 2.45) is 0 Å². The van der Waals surface area contributed by atoms with Gasteiger partial charge in [0.15, 0.2) is 0 Å². The lowest BCUT2D eigenvalue weighted by atomic mass is 9.93. The first-order chi connectivity index (χ1) is 23.0. The highest BCUT2D eigenvalue weighted by molar-refractivity contribution is 7.26. The number of ether oxygens (including phenoxy) is 2. The maximum atomic E-state index is 12.0. The minimum Gasteiger partial charge on any atom is -0.423 e. The number of thiophene rings is 1. The number of para-hydroxylation sites is 2. The minimum absolute atomic E-state index is 0.462. The molecule has 0 N–H and O–H groups in total. The van der Waals surface area contributed by atoms with Crippen LogP contribution in [-0.2, 0) is 35.3 Å². The summed E-state index contributed by atoms with van der Waals surface area (Å²) in [4.78, 5) is 24.1. The van der Waals surface area contributed by atoms with E-state index in [2.05, 4.69) is 73.8 Å². The molecule has 7 aromatic rings. The zero-order valence-corrected chi connectivity index (χ0v) is 26.6. The Kier molecular flexibility index (Phi) is 8.38. The van der Waals surface area contributed by atoms with Gasteiger partial charge in [0.1, 0.15) is 11.5 Å². The van der Waals surface area contributed by atoms with E-state index in [0.29, 0.717) is 11.5 Å². The topological polar surface area (TPSA) is 52.6 Å². The second-order valence-corrected chi connectivity index (χ2v) is 12.5. The molecule has 0 saturated heterocycles. The van der Waals surface area contributed by atoms with E-state index < -0.39 is 11.9 Å². The number of rotatable bonds is 10. The third-order valence-electron chi connectivity index (χ3n) is 8.64. The van der Waals surface area contributed by atoms with Crippen LogP contribution in [0.5, 0.6) is 11.5 Å². The number of fused-ring (bicyclic) bond motifs is 7. The molecule has 5 heteroatoms. The van der Waals surface area contributed by atoms with E-state index in [1.807, 2.05) is 59.9 Å². The molecule has 0 aliphatic rings. The molecule has 0 radical (unpaired) electrons. The Morgan fingerprint density at radius 2 is 0.915 bits per heavy atom. The Labute approximate surface area is 277 Å². The van der Waals surface area contributed by atoms with Crippen molar-refractivity contribution < 1.29 is 19.1 Å². The number of hydrogen-bond donors (Lipinski definition) is 0. The molecule has 0 bridgehead atoms. The molecule has 0 unspecified atom stereocenters. The van der Waals surface area contributed by atoms with Gasteiger partial charge in [-0.05, 0) is 93.7 Å². The molecule has 0 aliphatic heterocycles. The fourth-order valence-corrected chi connectivity index (χ4v) is 7.85. The molecular weight excluding hydrogens is 601 g/mol. The second kappa shape index (κ2) is 13.1. The zero-order chi connectivity index (χ0) is 32.3. The van der Waals surface area contributed by atoms with E-state index in [4.69, 9.17) is 9.47 Å². The van der Waals surface area contributed by atoms with Gasteiger partial charge < -0.3 is 9.47 Å². The van der Waals surface area contributed by atoms with Crippen molar-refractivity contribution in [1.29, 1.82) is 0 Å². The van der Waals surface area contributed by atoms with Gasteiger partial charge in [0.2, 0.25) is 0 Å². The number of hydrogen-bond acceptors (Lipinski definition) is 5. The fourth-order valence-electron chi connectivity index (χ4n) is 6.43. The zero-order valence-electron chi connectivity index (χ0n) is 25.8. The molecule has 1 heterocycles. The van der Waals surface area contributed by atoms with Gasteiger partial charge in [-0.2, -0.15) is 0 Å². The van der Waals surface area contributed by atoms with E-state index in [1.54, 1.807) is 0 Å². The smallest absolute Gasteiger partial charge is 0.335 e. The minimum atomic E-state index is -0.462. The first-order valence-corrected chi connectivity index (χ1v) is 16.5. The van der Waals surface area contributed by atoms with Crippen molar-refractivity contribution in [3.05, 3.63) is 157 Å². The number of esters is 2. The summed E-state index contributed by atoms with van der Waals surface area (Å²) in [6.07, 6.45) is 5.38. The molecule has 4 nitrogen and oxygen atoms in total. The van der Waals surface area contributed by atoms with Gasteiger partial charge in [-0.15, -0.1) is 11.3 Å². The van der Waals surface area contributed by atoms with E-state index >= 15 is 0 Å². The van der Waals surface area contributed by atoms with Crippen LogP contribution in [0.2, 0.25) is 0 Å². The highest BCUT2D eigenvalue weighted by Crippen LogP contribution is 2.46. The van der Waals surface area contributed by atoms with Crippen LogP contribution in [-0.4, -0.2) is 11.9 Å². The summed E-state index contributed by atoms with van der Waals surface area (Å²) in [5.74, 6) is 0.211. The molecule has 0 fully saturated rings. The lowest BCUT2D eigenvalue weighted by molar-refractivity contribution is -0.129. The fraction of sp³-hybridized carbons (Fsp3) is 0.0952. The first kappa shape index (κ1) is 30.2. The van der Waals surface area contributed by atoms with E-state index in [9.17, 15) is 9.59 Å². The van der Waals surface area contributed by atoms with Crippen molar-refractivity contribution in [1.82, 2.24) is 0 Å². The Balaban J connectivity index is 1.37. The second-order valence-electron chi connectivity index (χ2n) is 11.5. The van der Waals surface area contributed by atoms with Crippen LogP contribution in [0.1, 0.15) is 22.3 Å². The summed E-state index contributed by atoms with van der Waals surface area (Å²) >= 11 is 1.85. The predicted octanol–water partition coefficient (Wildman–Crippen LogP) is 10.1. The van der Waals surface area contributed by atoms with E-state index in [1.165, 1.54) is 65.0 Å². The normalized spacial score (nSPS) is 11.2. The van der Waals surface area contributed by atoms with E-state index in [-0.39, 0.29) is 0 Å². The summed E-state index contributed by atoms with van der Waals surface area (Å²) in [6.45, 7) is 7.09. The maximum absolute atomic E-state index is 12.0. The number of carbonyl (C=O) groups is 2. The number of aryl methyl sites for hydroxylation is 4. The predicted molar refractivity (Wildman–Crippen MR) is 194 cm³/mol. The average molecular weight is 633 g/mol. The highest BCUT2D eigenvalue weighted by Gasteiger charge is 2.19. The molecule has 0 saturated carbocycles. The van der Waals surface area contributed by atoms with Crippen LogP contribution in [0.4, 0.5) is 0 Å². The third kappa shape index (κ3) is 5.94. The number of benzene rings is 6. The molecule has 230 valence electrons. The first-order valence-electron chi connectivity index (χ1n) is 15.7. The van der Waals surface area contributed by atoms with Crippen LogP contribution >= 0.6 is 11.3 Å². The molecule has 0 amide bonds. The summed E-state index contributed by atoms with van der Waals surface area (Å²) in [5, 5.41) is 7.44. The van der Waals surface area contributed by atoms with Gasteiger partial charge >= 0.3 is 11.9 Å². The van der Waals surface area contributed by atoms with Gasteiger partial charge in [0, 0.05) is 32.3 Å². The van der Waals surface area contributed by atoms with Gasteiger partial charge in [0.25, 0.3) is 0 Å². The van der Waals surface area contributed by atoms with Crippen molar-refractivity contribution in [2.45, 2.75) is 25.7 Å². The van der Waals surface area contributed by atoms with Crippen molar-refractivity contribution >= 4 is 65.0 Å². The van der Waals surface area contributed by atoms with Crippen LogP contribution < -0.4 is 9.47 Å². The van der Waals surface area contributed by atoms with Crippen LogP contribution in [0.25, 0.3) is 41.7 Å². The monoisotopic (exact) mass is 632 g/mol. The molecule has 1 aromatic heterocycles. The summed E-state index contributed by atoms with van der Waals surface area (Å²) in [5.41, 5.74) is 4.49. The Morgan fingerprint density at radius 3 is 1.36 bits per heavy atom. The molecular formula is C42H32O4S. The Hall–Kier alpha value is -5.52. The lowest BCUT2D eigenvalue weighted by Crippen LogP contribution is -2.05. The molecule has 0 spiro atoms. The number of carbonyl (C=O) groups excluding carboxylic acids is 2.